The highest BCUT2D eigenvalue weighted by atomic mass is 32.2. The van der Waals surface area contributed by atoms with E-state index in [0.717, 1.165) is 15.6 Å². The summed E-state index contributed by atoms with van der Waals surface area (Å²) in [6, 6.07) is 12.1. The molecule has 1 saturated heterocycles. The van der Waals surface area contributed by atoms with Gasteiger partial charge < -0.3 is 15.1 Å². The lowest BCUT2D eigenvalue weighted by Gasteiger charge is -2.36. The van der Waals surface area contributed by atoms with Gasteiger partial charge in [0.25, 0.3) is 0 Å². The molecule has 0 spiro atoms. The summed E-state index contributed by atoms with van der Waals surface area (Å²) < 4.78 is 27.4. The van der Waals surface area contributed by atoms with E-state index in [0.29, 0.717) is 56.7 Å². The molecule has 2 heterocycles. The molecule has 0 saturated carbocycles. The van der Waals surface area contributed by atoms with E-state index in [1.807, 2.05) is 12.1 Å². The van der Waals surface area contributed by atoms with Crippen molar-refractivity contribution in [3.8, 4) is 0 Å². The van der Waals surface area contributed by atoms with Crippen LogP contribution < -0.4 is 10.2 Å². The molecule has 0 radical (unpaired) electrons. The van der Waals surface area contributed by atoms with E-state index in [1.165, 1.54) is 20.0 Å². The summed E-state index contributed by atoms with van der Waals surface area (Å²) in [5.41, 5.74) is 3.07. The van der Waals surface area contributed by atoms with Crippen molar-refractivity contribution in [3.05, 3.63) is 53.6 Å². The van der Waals surface area contributed by atoms with Gasteiger partial charge in [0, 0.05) is 56.6 Å². The summed E-state index contributed by atoms with van der Waals surface area (Å²) in [5, 5.41) is 2.80. The van der Waals surface area contributed by atoms with Crippen molar-refractivity contribution in [3.63, 3.8) is 0 Å². The molecule has 2 aromatic rings. The number of Topliss-reactive ketones (excluding diaryl/α,β-unsaturated/α-hetero) is 1. The Morgan fingerprint density at radius 3 is 2.34 bits per heavy atom. The topological polar surface area (TPSA) is 107 Å². The number of aryl methyl sites for hydroxylation is 1. The molecule has 1 N–H and O–H groups in total. The second-order valence-corrected chi connectivity index (χ2v) is 11.0. The number of nitrogens with zero attached hydrogens (tertiary/aromatic N) is 3. The third-order valence-electron chi connectivity index (χ3n) is 6.54. The van der Waals surface area contributed by atoms with Crippen molar-refractivity contribution in [2.24, 2.45) is 0 Å². The highest BCUT2D eigenvalue weighted by Gasteiger charge is 2.28. The molecule has 0 unspecified atom stereocenters. The zero-order valence-corrected chi connectivity index (χ0v) is 20.8. The van der Waals surface area contributed by atoms with Crippen LogP contribution in [-0.4, -0.2) is 75.0 Å². The maximum Gasteiger partial charge on any atom is 0.243 e. The van der Waals surface area contributed by atoms with Crippen molar-refractivity contribution in [2.75, 3.05) is 50.0 Å². The van der Waals surface area contributed by atoms with Gasteiger partial charge in [0.05, 0.1) is 11.4 Å². The normalized spacial score (nSPS) is 16.5. The maximum absolute atomic E-state index is 13.1. The summed E-state index contributed by atoms with van der Waals surface area (Å²) >= 11 is 0. The van der Waals surface area contributed by atoms with Gasteiger partial charge in [-0.2, -0.15) is 4.31 Å². The summed E-state index contributed by atoms with van der Waals surface area (Å²) in [5.74, 6) is -0.302. The fourth-order valence-corrected chi connectivity index (χ4v) is 5.56. The summed E-state index contributed by atoms with van der Waals surface area (Å²) in [7, 11) is -2.45. The van der Waals surface area contributed by atoms with Crippen LogP contribution in [0.5, 0.6) is 0 Å². The zero-order chi connectivity index (χ0) is 25.2. The molecular weight excluding hydrogens is 468 g/mol. The number of ketones is 1. The van der Waals surface area contributed by atoms with Crippen LogP contribution in [-0.2, 0) is 26.0 Å². The number of piperazine rings is 1. The van der Waals surface area contributed by atoms with Crippen molar-refractivity contribution in [2.45, 2.75) is 31.1 Å². The smallest absolute Gasteiger partial charge is 0.243 e. The molecule has 2 aliphatic heterocycles. The van der Waals surface area contributed by atoms with Gasteiger partial charge in [0.1, 0.15) is 0 Å². The largest absolute Gasteiger partial charge is 0.368 e. The number of hydrogen-bond acceptors (Lipinski definition) is 6. The predicted octanol–water partition coefficient (Wildman–Crippen LogP) is 2.13. The molecule has 0 aromatic heterocycles. The molecule has 0 atom stereocenters. The Balaban J connectivity index is 1.36. The first kappa shape index (κ1) is 24.9. The molecule has 9 nitrogen and oxygen atoms in total. The average molecular weight is 499 g/mol. The van der Waals surface area contributed by atoms with Crippen LogP contribution in [0.15, 0.2) is 47.4 Å². The molecule has 2 aliphatic rings. The molecule has 4 rings (SSSR count). The number of nitrogens with one attached hydrogen (secondary N) is 1. The van der Waals surface area contributed by atoms with Crippen LogP contribution >= 0.6 is 0 Å². The second-order valence-electron chi connectivity index (χ2n) is 8.95. The first-order valence-corrected chi connectivity index (χ1v) is 13.1. The first-order valence-electron chi connectivity index (χ1n) is 11.7. The van der Waals surface area contributed by atoms with Crippen molar-refractivity contribution >= 4 is 39.0 Å². The van der Waals surface area contributed by atoms with Crippen LogP contribution in [0.4, 0.5) is 11.4 Å². The molecule has 35 heavy (non-hydrogen) atoms. The third-order valence-corrected chi connectivity index (χ3v) is 8.34. The minimum atomic E-state index is -3.86. The molecule has 186 valence electrons. The molecule has 1 fully saturated rings. The Kier molecular flexibility index (Phi) is 7.23. The number of fused-ring (bicyclic) bond motifs is 1. The van der Waals surface area contributed by atoms with Gasteiger partial charge in [-0.1, -0.05) is 0 Å². The highest BCUT2D eigenvalue weighted by molar-refractivity contribution is 7.89. The number of rotatable bonds is 6. The van der Waals surface area contributed by atoms with Gasteiger partial charge in [-0.05, 0) is 67.8 Å². The standard InChI is InChI=1S/C25H30N4O5S/c1-18(30)19-6-8-21(9-7-19)28-12-14-29(15-13-28)25(32)17-27(2)35(33,34)22-10-11-23-20(16-22)4-3-5-24(31)26-23/h6-11,16H,3-5,12-15,17H2,1-2H3,(H,26,31). The fourth-order valence-electron chi connectivity index (χ4n) is 4.39. The summed E-state index contributed by atoms with van der Waals surface area (Å²) in [6.07, 6.45) is 1.67. The Hall–Kier alpha value is -3.24. The van der Waals surface area contributed by atoms with Gasteiger partial charge >= 0.3 is 0 Å². The second kappa shape index (κ2) is 10.2. The molecular formula is C25H30N4O5S. The van der Waals surface area contributed by atoms with Crippen LogP contribution in [0, 0.1) is 0 Å². The molecule has 2 aromatic carbocycles. The first-order chi connectivity index (χ1) is 16.6. The van der Waals surface area contributed by atoms with Gasteiger partial charge in [0.2, 0.25) is 21.8 Å². The van der Waals surface area contributed by atoms with E-state index in [-0.39, 0.29) is 29.0 Å². The SMILES string of the molecule is CC(=O)c1ccc(N2CCN(C(=O)CN(C)S(=O)(=O)c3ccc4c(c3)CCCC(=O)N4)CC2)cc1. The monoisotopic (exact) mass is 498 g/mol. The van der Waals surface area contributed by atoms with E-state index in [9.17, 15) is 22.8 Å². The number of likely N-dealkylation sites (N-methyl/N-ethyl adjacent to an activating group) is 1. The number of hydrogen-bond donors (Lipinski definition) is 1. The molecule has 0 bridgehead atoms. The van der Waals surface area contributed by atoms with Gasteiger partial charge in [0.15, 0.2) is 5.78 Å². The lowest BCUT2D eigenvalue weighted by atomic mass is 10.1. The minimum Gasteiger partial charge on any atom is -0.368 e. The lowest BCUT2D eigenvalue weighted by Crippen LogP contribution is -2.51. The molecule has 2 amide bonds. The molecule has 0 aliphatic carbocycles. The quantitative estimate of drug-likeness (QED) is 0.612. The Morgan fingerprint density at radius 1 is 1.00 bits per heavy atom. The van der Waals surface area contributed by atoms with Gasteiger partial charge in [-0.25, -0.2) is 8.42 Å². The number of anilines is 2. The Morgan fingerprint density at radius 2 is 1.69 bits per heavy atom. The van der Waals surface area contributed by atoms with Crippen LogP contribution in [0.2, 0.25) is 0 Å². The van der Waals surface area contributed by atoms with Crippen molar-refractivity contribution in [1.82, 2.24) is 9.21 Å². The van der Waals surface area contributed by atoms with Gasteiger partial charge in [-0.15, -0.1) is 0 Å². The van der Waals surface area contributed by atoms with E-state index < -0.39 is 10.0 Å². The third kappa shape index (κ3) is 5.54. The number of carbonyl (C=O) groups excluding carboxylic acids is 3. The molecule has 10 heteroatoms. The zero-order valence-electron chi connectivity index (χ0n) is 20.0. The lowest BCUT2D eigenvalue weighted by molar-refractivity contribution is -0.131. The van der Waals surface area contributed by atoms with Crippen LogP contribution in [0.25, 0.3) is 0 Å². The average Bonchev–Trinajstić information content (AvgIpc) is 3.04. The number of carbonyl (C=O) groups is 3. The van der Waals surface area contributed by atoms with Crippen molar-refractivity contribution in [1.29, 1.82) is 0 Å². The fraction of sp³-hybridized carbons (Fsp3) is 0.400. The van der Waals surface area contributed by atoms with E-state index >= 15 is 0 Å². The number of sulfonamides is 1. The highest BCUT2D eigenvalue weighted by Crippen LogP contribution is 2.26. The van der Waals surface area contributed by atoms with Crippen LogP contribution in [0.1, 0.15) is 35.7 Å². The predicted molar refractivity (Wildman–Crippen MR) is 133 cm³/mol. The van der Waals surface area contributed by atoms with E-state index in [2.05, 4.69) is 10.2 Å². The number of amides is 2. The maximum atomic E-state index is 13.1. The number of benzene rings is 2. The van der Waals surface area contributed by atoms with E-state index in [1.54, 1.807) is 29.2 Å². The summed E-state index contributed by atoms with van der Waals surface area (Å²) in [6.45, 7) is 3.50. The summed E-state index contributed by atoms with van der Waals surface area (Å²) in [4.78, 5) is 40.0. The van der Waals surface area contributed by atoms with Gasteiger partial charge in [-0.3, -0.25) is 14.4 Å². The van der Waals surface area contributed by atoms with Crippen LogP contribution in [0.3, 0.4) is 0 Å². The minimum absolute atomic E-state index is 0.0173. The Labute approximate surface area is 205 Å². The van der Waals surface area contributed by atoms with E-state index in [4.69, 9.17) is 0 Å². The Bertz CT molecular complexity index is 1240. The van der Waals surface area contributed by atoms with Crippen molar-refractivity contribution < 1.29 is 22.8 Å².